The van der Waals surface area contributed by atoms with Crippen molar-refractivity contribution in [2.75, 3.05) is 19.6 Å². The van der Waals surface area contributed by atoms with Crippen LogP contribution in [0.3, 0.4) is 0 Å². The molecule has 13 nitrogen and oxygen atoms in total. The molecular formula is C12H16BrClN4O9P2. The maximum Gasteiger partial charge on any atom is 0.340 e. The molecule has 0 aromatic carbocycles. The first-order chi connectivity index (χ1) is 13.4. The smallest absolute Gasteiger partial charge is 0.340 e. The van der Waals surface area contributed by atoms with Crippen LogP contribution in [-0.2, 0) is 22.9 Å². The second-order valence-corrected chi connectivity index (χ2v) is 11.4. The van der Waals surface area contributed by atoms with E-state index in [0.29, 0.717) is 0 Å². The van der Waals surface area contributed by atoms with Crippen LogP contribution in [0.5, 0.6) is 0 Å². The number of aliphatic hydroxyl groups is 2. The van der Waals surface area contributed by atoms with Crippen molar-refractivity contribution in [3.05, 3.63) is 16.2 Å². The lowest BCUT2D eigenvalue weighted by Gasteiger charge is -2.19. The van der Waals surface area contributed by atoms with Gasteiger partial charge in [0.15, 0.2) is 27.7 Å². The third kappa shape index (κ3) is 5.05. The zero-order chi connectivity index (χ0) is 21.6. The van der Waals surface area contributed by atoms with Gasteiger partial charge in [-0.2, -0.15) is 0 Å². The van der Waals surface area contributed by atoms with Crippen LogP contribution in [0.15, 0.2) is 11.1 Å². The number of imidazole rings is 1. The summed E-state index contributed by atoms with van der Waals surface area (Å²) in [4.78, 5) is 31.1. The van der Waals surface area contributed by atoms with Crippen LogP contribution in [-0.4, -0.2) is 77.5 Å². The van der Waals surface area contributed by atoms with Crippen LogP contribution in [0.2, 0.25) is 5.15 Å². The van der Waals surface area contributed by atoms with Crippen molar-refractivity contribution >= 4 is 53.9 Å². The molecule has 3 rings (SSSR count). The third-order valence-corrected chi connectivity index (χ3v) is 8.65. The average Bonchev–Trinajstić information content (AvgIpc) is 3.15. The highest BCUT2D eigenvalue weighted by Gasteiger charge is 2.45. The van der Waals surface area contributed by atoms with Crippen LogP contribution in [0.25, 0.3) is 11.2 Å². The van der Waals surface area contributed by atoms with Crippen molar-refractivity contribution in [1.82, 2.24) is 19.5 Å². The Labute approximate surface area is 176 Å². The van der Waals surface area contributed by atoms with E-state index < -0.39 is 52.2 Å². The highest BCUT2D eigenvalue weighted by Crippen LogP contribution is 2.58. The fraction of sp³-hybridized carbons (Fsp3) is 0.583. The minimum absolute atomic E-state index is 0.0568. The van der Waals surface area contributed by atoms with Gasteiger partial charge in [0.25, 0.3) is 0 Å². The molecule has 0 aliphatic carbocycles. The van der Waals surface area contributed by atoms with Gasteiger partial charge in [-0.05, 0) is 15.9 Å². The molecule has 3 heterocycles. The van der Waals surface area contributed by atoms with Crippen LogP contribution < -0.4 is 0 Å². The zero-order valence-corrected chi connectivity index (χ0v) is 18.7. The van der Waals surface area contributed by atoms with Crippen LogP contribution in [0, 0.1) is 0 Å². The first kappa shape index (κ1) is 23.2. The Bertz CT molecular complexity index is 1010. The number of halogens is 2. The van der Waals surface area contributed by atoms with Gasteiger partial charge >= 0.3 is 15.2 Å². The number of aromatic nitrogens is 4. The molecule has 1 saturated heterocycles. The quantitative estimate of drug-likeness (QED) is 0.222. The first-order valence-corrected chi connectivity index (χ1v) is 12.5. The van der Waals surface area contributed by atoms with Gasteiger partial charge in [0, 0.05) is 7.11 Å². The number of hydrogen-bond acceptors (Lipinski definition) is 10. The Morgan fingerprint density at radius 3 is 2.62 bits per heavy atom. The van der Waals surface area contributed by atoms with E-state index in [2.05, 4.69) is 35.4 Å². The topological polar surface area (TPSA) is 186 Å². The zero-order valence-electron chi connectivity index (χ0n) is 14.6. The first-order valence-electron chi connectivity index (χ1n) is 7.85. The molecule has 1 aliphatic heterocycles. The summed E-state index contributed by atoms with van der Waals surface area (Å²) in [5.41, 5.74) is 0.446. The summed E-state index contributed by atoms with van der Waals surface area (Å²) in [5.74, 6) is -1.14. The molecule has 4 N–H and O–H groups in total. The van der Waals surface area contributed by atoms with Crippen molar-refractivity contribution in [2.45, 2.75) is 24.5 Å². The van der Waals surface area contributed by atoms with E-state index in [4.69, 9.17) is 20.9 Å². The Kier molecular flexibility index (Phi) is 6.84. The Hall–Kier alpha value is -0.500. The van der Waals surface area contributed by atoms with Crippen molar-refractivity contribution in [1.29, 1.82) is 0 Å². The number of ether oxygens (including phenoxy) is 1. The van der Waals surface area contributed by atoms with Gasteiger partial charge in [-0.25, -0.2) is 15.0 Å². The summed E-state index contributed by atoms with van der Waals surface area (Å²) < 4.78 is 39.5. The van der Waals surface area contributed by atoms with Crippen LogP contribution >= 0.6 is 42.7 Å². The molecule has 0 spiro atoms. The lowest BCUT2D eigenvalue weighted by Crippen LogP contribution is -2.33. The molecule has 162 valence electrons. The molecule has 0 radical (unpaired) electrons. The number of rotatable bonds is 7. The molecular weight excluding hydrogens is 521 g/mol. The van der Waals surface area contributed by atoms with Crippen LogP contribution in [0.4, 0.5) is 0 Å². The maximum absolute atomic E-state index is 12.0. The number of fused-ring (bicyclic) bond motifs is 1. The van der Waals surface area contributed by atoms with E-state index in [9.17, 15) is 29.1 Å². The van der Waals surface area contributed by atoms with Gasteiger partial charge in [0.05, 0.1) is 12.9 Å². The lowest BCUT2D eigenvalue weighted by atomic mass is 10.1. The molecule has 2 aromatic heterocycles. The predicted molar refractivity (Wildman–Crippen MR) is 101 cm³/mol. The highest BCUT2D eigenvalue weighted by atomic mass is 79.9. The summed E-state index contributed by atoms with van der Waals surface area (Å²) in [6, 6.07) is 0. The van der Waals surface area contributed by atoms with E-state index in [-0.39, 0.29) is 21.1 Å². The standard InChI is InChI=1S/C12H16BrClN4O9P2/c1-25-28(21,22)4-29(23,24)26-2-5-7(19)8(20)11(27-5)18-3-15-6-9(14)16-12(13)17-10(6)18/h3,5,7-8,11,19-20H,2,4H2,1H3,(H,21,22)(H,23,24)/t5-,7+,8+,11-/m1/s1. The molecule has 29 heavy (non-hydrogen) atoms. The summed E-state index contributed by atoms with van der Waals surface area (Å²) in [6.07, 6.45) is -4.08. The van der Waals surface area contributed by atoms with Gasteiger partial charge in [0.1, 0.15) is 23.8 Å². The predicted octanol–water partition coefficient (Wildman–Crippen LogP) is 0.853. The van der Waals surface area contributed by atoms with Crippen molar-refractivity contribution in [3.8, 4) is 0 Å². The molecule has 0 bridgehead atoms. The number of aliphatic hydroxyl groups excluding tert-OH is 2. The van der Waals surface area contributed by atoms with Gasteiger partial charge in [-0.15, -0.1) is 0 Å². The molecule has 1 fully saturated rings. The van der Waals surface area contributed by atoms with E-state index in [1.165, 1.54) is 10.9 Å². The van der Waals surface area contributed by atoms with Crippen molar-refractivity contribution in [2.24, 2.45) is 0 Å². The van der Waals surface area contributed by atoms with Crippen LogP contribution in [0.1, 0.15) is 6.23 Å². The Morgan fingerprint density at radius 1 is 1.28 bits per heavy atom. The molecule has 0 saturated carbocycles. The van der Waals surface area contributed by atoms with Gasteiger partial charge in [0.2, 0.25) is 0 Å². The monoisotopic (exact) mass is 536 g/mol. The molecule has 2 aromatic rings. The van der Waals surface area contributed by atoms with E-state index in [0.717, 1.165) is 7.11 Å². The molecule has 0 amide bonds. The SMILES string of the molecule is COP(=O)(O)CP(=O)(O)OC[C@H]1O[C@@H](n2cnc3c(Cl)nc(Br)nc32)[C@@H](O)[C@H]1O. The average molecular weight is 538 g/mol. The normalized spacial score (nSPS) is 29.1. The van der Waals surface area contributed by atoms with Crippen molar-refractivity contribution in [3.63, 3.8) is 0 Å². The molecule has 1 aliphatic rings. The minimum atomic E-state index is -4.54. The van der Waals surface area contributed by atoms with Gasteiger partial charge in [-0.1, -0.05) is 11.6 Å². The van der Waals surface area contributed by atoms with E-state index in [1.807, 2.05) is 0 Å². The number of nitrogens with zero attached hydrogens (tertiary/aromatic N) is 4. The lowest BCUT2D eigenvalue weighted by molar-refractivity contribution is -0.0484. The summed E-state index contributed by atoms with van der Waals surface area (Å²) >= 11 is 9.09. The molecule has 17 heteroatoms. The van der Waals surface area contributed by atoms with Gasteiger partial charge < -0.3 is 33.8 Å². The fourth-order valence-electron chi connectivity index (χ4n) is 2.65. The second-order valence-electron chi connectivity index (χ2n) is 6.05. The third-order valence-electron chi connectivity index (χ3n) is 4.05. The summed E-state index contributed by atoms with van der Waals surface area (Å²) in [5, 5.41) is 20.6. The fourth-order valence-corrected chi connectivity index (χ4v) is 6.29. The number of hydrogen-bond donors (Lipinski definition) is 4. The molecule has 6 atom stereocenters. The summed E-state index contributed by atoms with van der Waals surface area (Å²) in [7, 11) is -7.93. The van der Waals surface area contributed by atoms with Crippen molar-refractivity contribution < 1.29 is 42.9 Å². The van der Waals surface area contributed by atoms with E-state index >= 15 is 0 Å². The summed E-state index contributed by atoms with van der Waals surface area (Å²) in [6.45, 7) is -0.641. The second kappa shape index (κ2) is 8.56. The minimum Gasteiger partial charge on any atom is -0.387 e. The Balaban J connectivity index is 1.76. The molecule has 2 unspecified atom stereocenters. The van der Waals surface area contributed by atoms with E-state index in [1.54, 1.807) is 0 Å². The Morgan fingerprint density at radius 2 is 1.97 bits per heavy atom. The highest BCUT2D eigenvalue weighted by molar-refractivity contribution is 9.10. The maximum atomic E-state index is 12.0. The largest absolute Gasteiger partial charge is 0.387 e. The van der Waals surface area contributed by atoms with Gasteiger partial charge in [-0.3, -0.25) is 13.7 Å².